The van der Waals surface area contributed by atoms with Gasteiger partial charge in [0.05, 0.1) is 11.4 Å². The Hall–Kier alpha value is -1.40. The number of nitrogens with one attached hydrogen (secondary N) is 3. The third-order valence-corrected chi connectivity index (χ3v) is 4.00. The summed E-state index contributed by atoms with van der Waals surface area (Å²) >= 11 is 3.37. The Morgan fingerprint density at radius 1 is 1.33 bits per heavy atom. The smallest absolute Gasteiger partial charge is 0.224 e. The highest BCUT2D eigenvalue weighted by Crippen LogP contribution is 2.26. The number of rotatable bonds is 5. The van der Waals surface area contributed by atoms with Gasteiger partial charge in [0.1, 0.15) is 0 Å². The van der Waals surface area contributed by atoms with Gasteiger partial charge in [0.25, 0.3) is 0 Å². The summed E-state index contributed by atoms with van der Waals surface area (Å²) in [5.41, 5.74) is 1.23. The van der Waals surface area contributed by atoms with Crippen LogP contribution in [0.5, 0.6) is 0 Å². The van der Waals surface area contributed by atoms with Gasteiger partial charge in [0.15, 0.2) is 0 Å². The van der Waals surface area contributed by atoms with Gasteiger partial charge < -0.3 is 16.0 Å². The Balaban J connectivity index is 1.95. The van der Waals surface area contributed by atoms with Gasteiger partial charge in [0, 0.05) is 17.8 Å². The van der Waals surface area contributed by atoms with Crippen LogP contribution in [0.3, 0.4) is 0 Å². The molecule has 1 aliphatic rings. The fourth-order valence-corrected chi connectivity index (χ4v) is 2.79. The first-order valence-electron chi connectivity index (χ1n) is 7.12. The van der Waals surface area contributed by atoms with E-state index in [0.29, 0.717) is 23.7 Å². The lowest BCUT2D eigenvalue weighted by atomic mass is 10.0. The second-order valence-electron chi connectivity index (χ2n) is 5.32. The molecular weight excluding hydrogens is 334 g/mol. The van der Waals surface area contributed by atoms with Crippen molar-refractivity contribution >= 4 is 39.1 Å². The SMILES string of the molecule is CC(=O)Nc1ccc(Br)cc1NC(=O)CCC1CCNC1. The van der Waals surface area contributed by atoms with E-state index in [1.54, 1.807) is 12.1 Å². The van der Waals surface area contributed by atoms with Crippen LogP contribution in [0, 0.1) is 5.92 Å². The molecule has 114 valence electrons. The van der Waals surface area contributed by atoms with E-state index in [1.165, 1.54) is 6.92 Å². The molecule has 0 radical (unpaired) electrons. The van der Waals surface area contributed by atoms with E-state index in [4.69, 9.17) is 0 Å². The molecule has 1 heterocycles. The Bertz CT molecular complexity index is 528. The van der Waals surface area contributed by atoms with Gasteiger partial charge in [-0.3, -0.25) is 9.59 Å². The minimum Gasteiger partial charge on any atom is -0.325 e. The maximum Gasteiger partial charge on any atom is 0.224 e. The lowest BCUT2D eigenvalue weighted by molar-refractivity contribution is -0.116. The van der Waals surface area contributed by atoms with Crippen molar-refractivity contribution in [1.29, 1.82) is 0 Å². The summed E-state index contributed by atoms with van der Waals surface area (Å²) in [5.74, 6) is 0.407. The van der Waals surface area contributed by atoms with Crippen molar-refractivity contribution in [2.24, 2.45) is 5.92 Å². The molecule has 1 unspecified atom stereocenters. The van der Waals surface area contributed by atoms with Gasteiger partial charge >= 0.3 is 0 Å². The molecule has 0 spiro atoms. The summed E-state index contributed by atoms with van der Waals surface area (Å²) < 4.78 is 0.854. The fourth-order valence-electron chi connectivity index (χ4n) is 2.43. The van der Waals surface area contributed by atoms with E-state index in [9.17, 15) is 9.59 Å². The second-order valence-corrected chi connectivity index (χ2v) is 6.23. The van der Waals surface area contributed by atoms with Crippen LogP contribution in [0.4, 0.5) is 11.4 Å². The number of benzene rings is 1. The number of carbonyl (C=O) groups is 2. The zero-order chi connectivity index (χ0) is 15.2. The number of halogens is 1. The number of hydrogen-bond donors (Lipinski definition) is 3. The Kier molecular flexibility index (Phi) is 5.76. The van der Waals surface area contributed by atoms with E-state index in [0.717, 1.165) is 30.4 Å². The van der Waals surface area contributed by atoms with Gasteiger partial charge in [0.2, 0.25) is 11.8 Å². The molecule has 2 rings (SSSR count). The average molecular weight is 354 g/mol. The van der Waals surface area contributed by atoms with Crippen molar-refractivity contribution in [2.75, 3.05) is 23.7 Å². The molecule has 1 aliphatic heterocycles. The molecule has 1 fully saturated rings. The third-order valence-electron chi connectivity index (χ3n) is 3.51. The predicted octanol–water partition coefficient (Wildman–Crippen LogP) is 2.74. The third kappa shape index (κ3) is 5.13. The molecule has 5 nitrogen and oxygen atoms in total. The van der Waals surface area contributed by atoms with Gasteiger partial charge in [-0.1, -0.05) is 15.9 Å². The molecule has 2 amide bonds. The first-order valence-corrected chi connectivity index (χ1v) is 7.91. The van der Waals surface area contributed by atoms with Crippen LogP contribution < -0.4 is 16.0 Å². The molecule has 0 aliphatic carbocycles. The van der Waals surface area contributed by atoms with Gasteiger partial charge in [-0.15, -0.1) is 0 Å². The highest BCUT2D eigenvalue weighted by atomic mass is 79.9. The maximum absolute atomic E-state index is 12.1. The standard InChI is InChI=1S/C15H20BrN3O2/c1-10(20)18-13-4-3-12(16)8-14(13)19-15(21)5-2-11-6-7-17-9-11/h3-4,8,11,17H,2,5-7,9H2,1H3,(H,18,20)(H,19,21). The zero-order valence-electron chi connectivity index (χ0n) is 12.0. The van der Waals surface area contributed by atoms with Gasteiger partial charge in [-0.25, -0.2) is 0 Å². The van der Waals surface area contributed by atoms with E-state index in [-0.39, 0.29) is 11.8 Å². The molecule has 3 N–H and O–H groups in total. The van der Waals surface area contributed by atoms with Crippen LogP contribution in [-0.2, 0) is 9.59 Å². The molecule has 1 aromatic carbocycles. The summed E-state index contributed by atoms with van der Waals surface area (Å²) in [7, 11) is 0. The summed E-state index contributed by atoms with van der Waals surface area (Å²) in [5, 5.41) is 8.89. The highest BCUT2D eigenvalue weighted by Gasteiger charge is 2.16. The van der Waals surface area contributed by atoms with Crippen LogP contribution in [0.2, 0.25) is 0 Å². The summed E-state index contributed by atoms with van der Waals surface area (Å²) in [6.45, 7) is 3.49. The van der Waals surface area contributed by atoms with E-state index < -0.39 is 0 Å². The maximum atomic E-state index is 12.1. The molecule has 0 saturated carbocycles. The largest absolute Gasteiger partial charge is 0.325 e. The number of anilines is 2. The minimum atomic E-state index is -0.162. The topological polar surface area (TPSA) is 70.2 Å². The summed E-state index contributed by atoms with van der Waals surface area (Å²) in [6.07, 6.45) is 2.53. The van der Waals surface area contributed by atoms with Crippen LogP contribution >= 0.6 is 15.9 Å². The van der Waals surface area contributed by atoms with E-state index in [2.05, 4.69) is 31.9 Å². The number of carbonyl (C=O) groups excluding carboxylic acids is 2. The molecule has 0 bridgehead atoms. The minimum absolute atomic E-state index is 0.0217. The fraction of sp³-hybridized carbons (Fsp3) is 0.467. The Morgan fingerprint density at radius 2 is 2.14 bits per heavy atom. The molecule has 21 heavy (non-hydrogen) atoms. The first kappa shape index (κ1) is 16.0. The van der Waals surface area contributed by atoms with Crippen molar-refractivity contribution < 1.29 is 9.59 Å². The quantitative estimate of drug-likeness (QED) is 0.762. The van der Waals surface area contributed by atoms with Crippen molar-refractivity contribution in [3.05, 3.63) is 22.7 Å². The monoisotopic (exact) mass is 353 g/mol. The van der Waals surface area contributed by atoms with E-state index >= 15 is 0 Å². The Morgan fingerprint density at radius 3 is 2.81 bits per heavy atom. The zero-order valence-corrected chi connectivity index (χ0v) is 13.6. The molecule has 6 heteroatoms. The van der Waals surface area contributed by atoms with Gasteiger partial charge in [-0.05, 0) is 50.0 Å². The molecule has 1 saturated heterocycles. The molecule has 0 aromatic heterocycles. The van der Waals surface area contributed by atoms with E-state index in [1.807, 2.05) is 6.07 Å². The molecule has 1 atom stereocenters. The highest BCUT2D eigenvalue weighted by molar-refractivity contribution is 9.10. The summed E-state index contributed by atoms with van der Waals surface area (Å²) in [6, 6.07) is 5.38. The second kappa shape index (κ2) is 7.56. The number of hydrogen-bond acceptors (Lipinski definition) is 3. The predicted molar refractivity (Wildman–Crippen MR) is 87.3 cm³/mol. The van der Waals surface area contributed by atoms with Crippen LogP contribution in [0.1, 0.15) is 26.2 Å². The lowest BCUT2D eigenvalue weighted by Crippen LogP contribution is -2.16. The Labute approximate surface area is 133 Å². The summed E-state index contributed by atoms with van der Waals surface area (Å²) in [4.78, 5) is 23.3. The first-order chi connectivity index (χ1) is 10.0. The molecular formula is C15H20BrN3O2. The van der Waals surface area contributed by atoms with Crippen molar-refractivity contribution in [1.82, 2.24) is 5.32 Å². The van der Waals surface area contributed by atoms with Gasteiger partial charge in [-0.2, -0.15) is 0 Å². The lowest BCUT2D eigenvalue weighted by Gasteiger charge is -2.13. The van der Waals surface area contributed by atoms with Crippen LogP contribution in [0.15, 0.2) is 22.7 Å². The molecule has 1 aromatic rings. The normalized spacial score (nSPS) is 17.5. The van der Waals surface area contributed by atoms with Crippen LogP contribution in [0.25, 0.3) is 0 Å². The average Bonchev–Trinajstić information content (AvgIpc) is 2.92. The van der Waals surface area contributed by atoms with Crippen molar-refractivity contribution in [3.63, 3.8) is 0 Å². The van der Waals surface area contributed by atoms with Crippen molar-refractivity contribution in [3.8, 4) is 0 Å². The number of amides is 2. The van der Waals surface area contributed by atoms with Crippen molar-refractivity contribution in [2.45, 2.75) is 26.2 Å². The van der Waals surface area contributed by atoms with Crippen LogP contribution in [-0.4, -0.2) is 24.9 Å².